The second kappa shape index (κ2) is 8.70. The maximum Gasteiger partial charge on any atom is 0.407 e. The van der Waals surface area contributed by atoms with Crippen LogP contribution in [0.25, 0.3) is 0 Å². The van der Waals surface area contributed by atoms with Crippen LogP contribution < -0.4 is 5.32 Å². The van der Waals surface area contributed by atoms with Gasteiger partial charge in [0, 0.05) is 6.54 Å². The molecule has 0 aliphatic carbocycles. The number of hydrogen-bond acceptors (Lipinski definition) is 5. The summed E-state index contributed by atoms with van der Waals surface area (Å²) in [5.41, 5.74) is 0.0186. The predicted octanol–water partition coefficient (Wildman–Crippen LogP) is 1.10. The van der Waals surface area contributed by atoms with Crippen LogP contribution >= 0.6 is 0 Å². The lowest BCUT2D eigenvalue weighted by Crippen LogP contribution is -2.27. The summed E-state index contributed by atoms with van der Waals surface area (Å²) in [6.07, 6.45) is 0.0973. The van der Waals surface area contributed by atoms with Gasteiger partial charge in [-0.25, -0.2) is 4.79 Å². The van der Waals surface area contributed by atoms with E-state index in [-0.39, 0.29) is 25.3 Å². The molecule has 2 N–H and O–H groups in total. The third kappa shape index (κ3) is 7.78. The van der Waals surface area contributed by atoms with Gasteiger partial charge < -0.3 is 20.2 Å². The quantitative estimate of drug-likeness (QED) is 0.506. The van der Waals surface area contributed by atoms with Gasteiger partial charge in [-0.15, -0.1) is 0 Å². The number of rotatable bonds is 7. The van der Waals surface area contributed by atoms with E-state index in [1.165, 1.54) is 0 Å². The van der Waals surface area contributed by atoms with E-state index in [9.17, 15) is 9.59 Å². The van der Waals surface area contributed by atoms with Crippen molar-refractivity contribution in [1.29, 1.82) is 5.41 Å². The molecule has 0 heterocycles. The van der Waals surface area contributed by atoms with E-state index in [1.807, 2.05) is 6.92 Å². The molecule has 0 saturated heterocycles. The van der Waals surface area contributed by atoms with E-state index in [2.05, 4.69) is 10.1 Å². The van der Waals surface area contributed by atoms with Crippen molar-refractivity contribution >= 4 is 17.8 Å². The third-order valence-corrected chi connectivity index (χ3v) is 1.56. The van der Waals surface area contributed by atoms with Crippen molar-refractivity contribution in [2.45, 2.75) is 26.7 Å². The Balaban J connectivity index is 3.64. The summed E-state index contributed by atoms with van der Waals surface area (Å²) in [7, 11) is 0. The van der Waals surface area contributed by atoms with Crippen molar-refractivity contribution in [1.82, 2.24) is 5.32 Å². The van der Waals surface area contributed by atoms with E-state index in [4.69, 9.17) is 10.1 Å². The smallest absolute Gasteiger partial charge is 0.407 e. The largest absolute Gasteiger partial charge is 0.466 e. The molecule has 0 aromatic carbocycles. The fraction of sp³-hybridized carbons (Fsp3) is 0.700. The number of carbonyl (C=O) groups excluding carboxylic acids is 2. The molecule has 0 rings (SSSR count). The minimum atomic E-state index is -0.574. The Bertz CT molecular complexity index is 253. The Labute approximate surface area is 94.8 Å². The van der Waals surface area contributed by atoms with Crippen molar-refractivity contribution < 1.29 is 19.1 Å². The highest BCUT2D eigenvalue weighted by atomic mass is 16.5. The monoisotopic (exact) mass is 230 g/mol. The molecule has 0 radical (unpaired) electrons. The summed E-state index contributed by atoms with van der Waals surface area (Å²) >= 11 is 0. The molecule has 0 aromatic heterocycles. The lowest BCUT2D eigenvalue weighted by molar-refractivity contribution is -0.141. The van der Waals surface area contributed by atoms with Crippen LogP contribution in [0.3, 0.4) is 0 Å². The highest BCUT2D eigenvalue weighted by Gasteiger charge is 2.09. The number of nitrogens with one attached hydrogen (secondary N) is 2. The molecule has 0 aliphatic heterocycles. The van der Waals surface area contributed by atoms with Gasteiger partial charge in [0.25, 0.3) is 0 Å². The van der Waals surface area contributed by atoms with Crippen molar-refractivity contribution in [3.8, 4) is 0 Å². The van der Waals surface area contributed by atoms with Gasteiger partial charge in [-0.05, 0) is 13.3 Å². The average Bonchev–Trinajstić information content (AvgIpc) is 2.23. The molecule has 0 aliphatic rings. The topological polar surface area (TPSA) is 88.5 Å². The number of hydrogen-bond donors (Lipinski definition) is 2. The van der Waals surface area contributed by atoms with Crippen LogP contribution in [0.15, 0.2) is 0 Å². The maximum atomic E-state index is 11.0. The molecule has 92 valence electrons. The summed E-state index contributed by atoms with van der Waals surface area (Å²) in [5, 5.41) is 9.85. The summed E-state index contributed by atoms with van der Waals surface area (Å²) < 4.78 is 9.35. The number of alkyl carbamates (subject to hydrolysis) is 1. The first-order valence-corrected chi connectivity index (χ1v) is 5.22. The van der Waals surface area contributed by atoms with E-state index in [0.717, 1.165) is 6.42 Å². The van der Waals surface area contributed by atoms with E-state index in [0.29, 0.717) is 6.54 Å². The number of esters is 1. The normalized spacial score (nSPS) is 9.38. The Kier molecular flexibility index (Phi) is 7.83. The molecule has 0 aromatic rings. The molecule has 0 bridgehead atoms. The van der Waals surface area contributed by atoms with E-state index < -0.39 is 12.1 Å². The fourth-order valence-electron chi connectivity index (χ4n) is 0.868. The Morgan fingerprint density at radius 2 is 1.94 bits per heavy atom. The van der Waals surface area contributed by atoms with Crippen LogP contribution in [0.1, 0.15) is 26.7 Å². The molecular weight excluding hydrogens is 212 g/mol. The van der Waals surface area contributed by atoms with Crippen molar-refractivity contribution in [2.24, 2.45) is 0 Å². The average molecular weight is 230 g/mol. The summed E-state index contributed by atoms with van der Waals surface area (Å²) in [5.74, 6) is -0.481. The van der Waals surface area contributed by atoms with E-state index >= 15 is 0 Å². The van der Waals surface area contributed by atoms with Gasteiger partial charge in [-0.3, -0.25) is 4.79 Å². The summed E-state index contributed by atoms with van der Waals surface area (Å²) in [6.45, 7) is 4.24. The van der Waals surface area contributed by atoms with Crippen LogP contribution in [0.2, 0.25) is 0 Å². The third-order valence-electron chi connectivity index (χ3n) is 1.56. The van der Waals surface area contributed by atoms with Gasteiger partial charge in [0.1, 0.15) is 6.61 Å². The van der Waals surface area contributed by atoms with Gasteiger partial charge in [0.05, 0.1) is 18.7 Å². The molecule has 0 spiro atoms. The first-order valence-electron chi connectivity index (χ1n) is 5.22. The zero-order valence-electron chi connectivity index (χ0n) is 9.67. The SMILES string of the molecule is CCCNC(=O)OCC(=N)CC(=O)OCC. The second-order valence-electron chi connectivity index (χ2n) is 3.09. The van der Waals surface area contributed by atoms with Gasteiger partial charge >= 0.3 is 12.1 Å². The van der Waals surface area contributed by atoms with Crippen molar-refractivity contribution in [2.75, 3.05) is 19.8 Å². The Morgan fingerprint density at radius 1 is 1.25 bits per heavy atom. The maximum absolute atomic E-state index is 11.0. The first-order chi connectivity index (χ1) is 7.60. The molecule has 16 heavy (non-hydrogen) atoms. The minimum Gasteiger partial charge on any atom is -0.466 e. The summed E-state index contributed by atoms with van der Waals surface area (Å²) in [4.78, 5) is 21.9. The lowest BCUT2D eigenvalue weighted by Gasteiger charge is -2.06. The van der Waals surface area contributed by atoms with Gasteiger partial charge in [0.2, 0.25) is 0 Å². The van der Waals surface area contributed by atoms with Crippen molar-refractivity contribution in [3.05, 3.63) is 0 Å². The van der Waals surface area contributed by atoms with Gasteiger partial charge in [-0.1, -0.05) is 6.92 Å². The molecule has 0 fully saturated rings. The molecule has 6 heteroatoms. The van der Waals surface area contributed by atoms with Crippen LogP contribution in [0.5, 0.6) is 0 Å². The predicted molar refractivity (Wildman–Crippen MR) is 58.6 cm³/mol. The van der Waals surface area contributed by atoms with Crippen LogP contribution in [0, 0.1) is 5.41 Å². The summed E-state index contributed by atoms with van der Waals surface area (Å²) in [6, 6.07) is 0. The highest BCUT2D eigenvalue weighted by molar-refractivity contribution is 5.98. The van der Waals surface area contributed by atoms with Crippen LogP contribution in [0.4, 0.5) is 4.79 Å². The molecule has 1 amide bonds. The molecule has 6 nitrogen and oxygen atoms in total. The van der Waals surface area contributed by atoms with Crippen molar-refractivity contribution in [3.63, 3.8) is 0 Å². The second-order valence-corrected chi connectivity index (χ2v) is 3.09. The molecule has 0 saturated carbocycles. The van der Waals surface area contributed by atoms with Gasteiger partial charge in [0.15, 0.2) is 0 Å². The fourth-order valence-corrected chi connectivity index (χ4v) is 0.868. The number of carbonyl (C=O) groups is 2. The van der Waals surface area contributed by atoms with Crippen LogP contribution in [-0.2, 0) is 14.3 Å². The number of ether oxygens (including phenoxy) is 2. The molecule has 0 unspecified atom stereocenters. The van der Waals surface area contributed by atoms with Gasteiger partial charge in [-0.2, -0.15) is 0 Å². The number of amides is 1. The molecular formula is C10H18N2O4. The zero-order valence-corrected chi connectivity index (χ0v) is 9.67. The molecule has 0 atom stereocenters. The van der Waals surface area contributed by atoms with E-state index in [1.54, 1.807) is 6.92 Å². The Hall–Kier alpha value is -1.59. The highest BCUT2D eigenvalue weighted by Crippen LogP contribution is 1.91. The zero-order chi connectivity index (χ0) is 12.4. The van der Waals surface area contributed by atoms with Crippen LogP contribution in [-0.4, -0.2) is 37.5 Å². The Morgan fingerprint density at radius 3 is 2.50 bits per heavy atom. The lowest BCUT2D eigenvalue weighted by atomic mass is 10.3. The minimum absolute atomic E-state index is 0.0186. The standard InChI is InChI=1S/C10H18N2O4/c1-3-5-12-10(14)16-7-8(11)6-9(13)15-4-2/h11H,3-7H2,1-2H3,(H,12,14). The first kappa shape index (κ1) is 14.4.